The van der Waals surface area contributed by atoms with Crippen molar-refractivity contribution in [2.45, 2.75) is 18.4 Å². The minimum Gasteiger partial charge on any atom is -0.462 e. The van der Waals surface area contributed by atoms with Crippen molar-refractivity contribution in [1.29, 1.82) is 0 Å². The maximum Gasteiger partial charge on any atom is 0.265 e. The third-order valence-electron chi connectivity index (χ3n) is 2.54. The third kappa shape index (κ3) is 3.09. The van der Waals surface area contributed by atoms with Gasteiger partial charge in [0, 0.05) is 11.1 Å². The number of nitrogens with one attached hydrogen (secondary N) is 1. The molecule has 0 spiro atoms. The van der Waals surface area contributed by atoms with E-state index in [2.05, 4.69) is 4.72 Å². The minimum absolute atomic E-state index is 0.0578. The zero-order valence-corrected chi connectivity index (χ0v) is 12.7. The van der Waals surface area contributed by atoms with Crippen LogP contribution in [0.3, 0.4) is 0 Å². The molecule has 0 saturated heterocycles. The Morgan fingerprint density at radius 3 is 2.60 bits per heavy atom. The molecular formula is C12H11Cl2NO4S. The molecule has 1 heterocycles. The van der Waals surface area contributed by atoms with Crippen molar-refractivity contribution in [3.63, 3.8) is 0 Å². The van der Waals surface area contributed by atoms with Crippen LogP contribution in [0, 0.1) is 6.92 Å². The summed E-state index contributed by atoms with van der Waals surface area (Å²) in [4.78, 5) is -0.0578. The van der Waals surface area contributed by atoms with Gasteiger partial charge in [-0.3, -0.25) is 4.72 Å². The number of benzene rings is 1. The first kappa shape index (κ1) is 15.2. The molecule has 0 atom stereocenters. The van der Waals surface area contributed by atoms with Gasteiger partial charge in [-0.1, -0.05) is 23.2 Å². The summed E-state index contributed by atoms with van der Waals surface area (Å²) in [5.41, 5.74) is 0.172. The van der Waals surface area contributed by atoms with Gasteiger partial charge in [0.05, 0.1) is 10.7 Å². The number of aliphatic hydroxyl groups excluding tert-OH is 1. The van der Waals surface area contributed by atoms with Crippen LogP contribution in [0.5, 0.6) is 0 Å². The van der Waals surface area contributed by atoms with Gasteiger partial charge in [-0.2, -0.15) is 0 Å². The largest absolute Gasteiger partial charge is 0.462 e. The van der Waals surface area contributed by atoms with Crippen molar-refractivity contribution in [2.75, 3.05) is 4.72 Å². The smallest absolute Gasteiger partial charge is 0.265 e. The summed E-state index contributed by atoms with van der Waals surface area (Å²) in [6, 6.07) is 5.71. The molecule has 2 N–H and O–H groups in total. The Kier molecular flexibility index (Phi) is 4.29. The summed E-state index contributed by atoms with van der Waals surface area (Å²) in [7, 11) is -3.87. The van der Waals surface area contributed by atoms with Gasteiger partial charge >= 0.3 is 0 Å². The molecule has 0 unspecified atom stereocenters. The molecule has 2 rings (SSSR count). The molecule has 0 aliphatic rings. The third-order valence-corrected chi connectivity index (χ3v) is 4.58. The summed E-state index contributed by atoms with van der Waals surface area (Å²) in [5.74, 6) is 0.347. The molecule has 0 saturated carbocycles. The van der Waals surface area contributed by atoms with E-state index in [9.17, 15) is 8.42 Å². The lowest BCUT2D eigenvalue weighted by molar-refractivity contribution is 0.245. The average molecular weight is 336 g/mol. The van der Waals surface area contributed by atoms with E-state index in [1.54, 1.807) is 6.07 Å². The molecule has 0 fully saturated rings. The zero-order valence-electron chi connectivity index (χ0n) is 10.4. The monoisotopic (exact) mass is 335 g/mol. The van der Waals surface area contributed by atoms with E-state index >= 15 is 0 Å². The summed E-state index contributed by atoms with van der Waals surface area (Å²) in [5, 5.41) is 9.54. The van der Waals surface area contributed by atoms with Crippen molar-refractivity contribution in [2.24, 2.45) is 0 Å². The van der Waals surface area contributed by atoms with Gasteiger partial charge < -0.3 is 9.52 Å². The van der Waals surface area contributed by atoms with Gasteiger partial charge in [0.25, 0.3) is 10.0 Å². The standard InChI is InChI=1S/C12H11Cl2NO4S/c1-7-12(5-9(6-16)19-7)20(17,18)15-11-4-8(13)2-3-10(11)14/h2-5,15-16H,6H2,1H3. The summed E-state index contributed by atoms with van der Waals surface area (Å²) in [6.45, 7) is 1.11. The van der Waals surface area contributed by atoms with Crippen LogP contribution < -0.4 is 4.72 Å². The molecule has 1 aromatic carbocycles. The number of sulfonamides is 1. The first-order chi connectivity index (χ1) is 9.33. The fraction of sp³-hybridized carbons (Fsp3) is 0.167. The maximum atomic E-state index is 12.3. The summed E-state index contributed by atoms with van der Waals surface area (Å²) in [6.07, 6.45) is 0. The zero-order chi connectivity index (χ0) is 14.9. The number of aliphatic hydroxyl groups is 1. The molecule has 108 valence electrons. The Balaban J connectivity index is 2.40. The highest BCUT2D eigenvalue weighted by Gasteiger charge is 2.22. The topological polar surface area (TPSA) is 79.5 Å². The van der Waals surface area contributed by atoms with Gasteiger partial charge in [-0.05, 0) is 25.1 Å². The summed E-state index contributed by atoms with van der Waals surface area (Å²) >= 11 is 11.7. The van der Waals surface area contributed by atoms with Crippen LogP contribution in [0.25, 0.3) is 0 Å². The van der Waals surface area contributed by atoms with Gasteiger partial charge in [0.1, 0.15) is 23.0 Å². The van der Waals surface area contributed by atoms with Crippen LogP contribution in [-0.4, -0.2) is 13.5 Å². The number of halogens is 2. The highest BCUT2D eigenvalue weighted by atomic mass is 35.5. The molecule has 0 aliphatic carbocycles. The van der Waals surface area contributed by atoms with Crippen molar-refractivity contribution in [1.82, 2.24) is 0 Å². The molecule has 5 nitrogen and oxygen atoms in total. The van der Waals surface area contributed by atoms with Crippen LogP contribution >= 0.6 is 23.2 Å². The fourth-order valence-electron chi connectivity index (χ4n) is 1.64. The summed E-state index contributed by atoms with van der Waals surface area (Å²) < 4.78 is 32.0. The molecule has 0 aliphatic heterocycles. The molecule has 0 bridgehead atoms. The molecule has 20 heavy (non-hydrogen) atoms. The van der Waals surface area contributed by atoms with Gasteiger partial charge in [-0.25, -0.2) is 8.42 Å². The Labute approximate surface area is 126 Å². The first-order valence-corrected chi connectivity index (χ1v) is 7.75. The van der Waals surface area contributed by atoms with Crippen molar-refractivity contribution >= 4 is 38.9 Å². The van der Waals surface area contributed by atoms with E-state index < -0.39 is 10.0 Å². The Morgan fingerprint density at radius 1 is 1.30 bits per heavy atom. The van der Waals surface area contributed by atoms with Gasteiger partial charge in [0.2, 0.25) is 0 Å². The van der Waals surface area contributed by atoms with Gasteiger partial charge in [0.15, 0.2) is 0 Å². The molecular weight excluding hydrogens is 325 g/mol. The van der Waals surface area contributed by atoms with E-state index in [-0.39, 0.29) is 33.7 Å². The van der Waals surface area contributed by atoms with E-state index in [4.69, 9.17) is 32.7 Å². The average Bonchev–Trinajstić information content (AvgIpc) is 2.76. The first-order valence-electron chi connectivity index (χ1n) is 5.51. The van der Waals surface area contributed by atoms with Crippen LogP contribution in [0.1, 0.15) is 11.5 Å². The highest BCUT2D eigenvalue weighted by molar-refractivity contribution is 7.92. The lowest BCUT2D eigenvalue weighted by atomic mass is 10.3. The second-order valence-electron chi connectivity index (χ2n) is 4.02. The fourth-order valence-corrected chi connectivity index (χ4v) is 3.31. The molecule has 8 heteroatoms. The maximum absolute atomic E-state index is 12.3. The Bertz CT molecular complexity index is 740. The Hall–Kier alpha value is -1.21. The number of aryl methyl sites for hydroxylation is 1. The number of hydrogen-bond acceptors (Lipinski definition) is 4. The van der Waals surface area contributed by atoms with E-state index in [0.717, 1.165) is 0 Å². The molecule has 2 aromatic rings. The number of rotatable bonds is 4. The van der Waals surface area contributed by atoms with Crippen molar-refractivity contribution in [3.05, 3.63) is 45.8 Å². The van der Waals surface area contributed by atoms with E-state index in [0.29, 0.717) is 5.02 Å². The van der Waals surface area contributed by atoms with Crippen LogP contribution in [-0.2, 0) is 16.6 Å². The van der Waals surface area contributed by atoms with Crippen LogP contribution in [0.4, 0.5) is 5.69 Å². The number of anilines is 1. The van der Waals surface area contributed by atoms with Crippen molar-refractivity contribution < 1.29 is 17.9 Å². The number of furan rings is 1. The normalized spacial score (nSPS) is 11.6. The molecule has 0 amide bonds. The highest BCUT2D eigenvalue weighted by Crippen LogP contribution is 2.29. The SMILES string of the molecule is Cc1oc(CO)cc1S(=O)(=O)Nc1cc(Cl)ccc1Cl. The lowest BCUT2D eigenvalue weighted by Crippen LogP contribution is -2.13. The second kappa shape index (κ2) is 5.65. The van der Waals surface area contributed by atoms with E-state index in [1.165, 1.54) is 25.1 Å². The number of hydrogen-bond donors (Lipinski definition) is 2. The van der Waals surface area contributed by atoms with Crippen LogP contribution in [0.2, 0.25) is 10.0 Å². The van der Waals surface area contributed by atoms with Gasteiger partial charge in [-0.15, -0.1) is 0 Å². The minimum atomic E-state index is -3.87. The predicted octanol–water partition coefficient (Wildman–Crippen LogP) is 3.19. The molecule has 1 aromatic heterocycles. The molecule has 0 radical (unpaired) electrons. The lowest BCUT2D eigenvalue weighted by Gasteiger charge is -2.09. The van der Waals surface area contributed by atoms with Crippen LogP contribution in [0.15, 0.2) is 33.6 Å². The Morgan fingerprint density at radius 2 is 2.00 bits per heavy atom. The quantitative estimate of drug-likeness (QED) is 0.899. The van der Waals surface area contributed by atoms with E-state index in [1.807, 2.05) is 0 Å². The van der Waals surface area contributed by atoms with Crippen molar-refractivity contribution in [3.8, 4) is 0 Å². The second-order valence-corrected chi connectivity index (χ2v) is 6.52. The predicted molar refractivity (Wildman–Crippen MR) is 76.6 cm³/mol.